The second-order valence-electron chi connectivity index (χ2n) is 5.31. The molecule has 0 radical (unpaired) electrons. The van der Waals surface area contributed by atoms with Crippen LogP contribution in [0.2, 0.25) is 0 Å². The molecule has 0 aliphatic heterocycles. The van der Waals surface area contributed by atoms with Gasteiger partial charge < -0.3 is 10.4 Å². The van der Waals surface area contributed by atoms with E-state index in [1.54, 1.807) is 12.4 Å². The number of aromatic nitrogens is 1. The number of amides is 1. The fourth-order valence-electron chi connectivity index (χ4n) is 2.73. The predicted octanol–water partition coefficient (Wildman–Crippen LogP) is 1.89. The van der Waals surface area contributed by atoms with E-state index < -0.39 is 0 Å². The van der Waals surface area contributed by atoms with Crippen LogP contribution in [-0.4, -0.2) is 22.6 Å². The number of hydrogen-bond donors (Lipinski definition) is 2. The Morgan fingerprint density at radius 2 is 2.16 bits per heavy atom. The minimum atomic E-state index is 0.145. The Balaban J connectivity index is 1.73. The molecule has 0 atom stereocenters. The van der Waals surface area contributed by atoms with Gasteiger partial charge in [0.05, 0.1) is 0 Å². The molecule has 1 amide bonds. The summed E-state index contributed by atoms with van der Waals surface area (Å²) < 4.78 is 0. The molecule has 4 heteroatoms. The summed E-state index contributed by atoms with van der Waals surface area (Å²) in [7, 11) is 0. The molecular formula is C15H22N2O2. The van der Waals surface area contributed by atoms with Crippen LogP contribution < -0.4 is 5.32 Å². The van der Waals surface area contributed by atoms with Gasteiger partial charge in [0.25, 0.3) is 0 Å². The first-order valence-corrected chi connectivity index (χ1v) is 7.07. The standard InChI is InChI=1S/C15H22N2O2/c18-9-7-12-3-5-14(6-4-12)15(19)17-11-13-2-1-8-16-10-13/h1-2,8,10,12,14,18H,3-7,9,11H2,(H,17,19). The number of aliphatic hydroxyl groups excluding tert-OH is 1. The fraction of sp³-hybridized carbons (Fsp3) is 0.600. The average Bonchev–Trinajstić information content (AvgIpc) is 2.47. The van der Waals surface area contributed by atoms with Gasteiger partial charge in [-0.3, -0.25) is 9.78 Å². The highest BCUT2D eigenvalue weighted by Crippen LogP contribution is 2.30. The first kappa shape index (κ1) is 14.0. The molecule has 1 aliphatic carbocycles. The van der Waals surface area contributed by atoms with Crippen LogP contribution in [0, 0.1) is 11.8 Å². The van der Waals surface area contributed by atoms with Gasteiger partial charge in [0, 0.05) is 31.5 Å². The summed E-state index contributed by atoms with van der Waals surface area (Å²) in [4.78, 5) is 16.1. The molecule has 19 heavy (non-hydrogen) atoms. The Labute approximate surface area is 114 Å². The molecule has 0 saturated heterocycles. The maximum atomic E-state index is 12.1. The number of carbonyl (C=O) groups is 1. The van der Waals surface area contributed by atoms with Gasteiger partial charge >= 0.3 is 0 Å². The number of aliphatic hydroxyl groups is 1. The van der Waals surface area contributed by atoms with Gasteiger partial charge in [-0.1, -0.05) is 6.07 Å². The molecule has 1 aromatic rings. The first-order valence-electron chi connectivity index (χ1n) is 7.07. The summed E-state index contributed by atoms with van der Waals surface area (Å²) in [6.45, 7) is 0.825. The lowest BCUT2D eigenvalue weighted by molar-refractivity contribution is -0.126. The topological polar surface area (TPSA) is 62.2 Å². The van der Waals surface area contributed by atoms with Crippen molar-refractivity contribution in [2.45, 2.75) is 38.6 Å². The molecule has 0 aromatic carbocycles. The van der Waals surface area contributed by atoms with Crippen LogP contribution in [0.4, 0.5) is 0 Å². The number of carbonyl (C=O) groups excluding carboxylic acids is 1. The van der Waals surface area contributed by atoms with Gasteiger partial charge in [0.1, 0.15) is 0 Å². The van der Waals surface area contributed by atoms with E-state index in [0.29, 0.717) is 12.5 Å². The fourth-order valence-corrected chi connectivity index (χ4v) is 2.73. The van der Waals surface area contributed by atoms with Crippen molar-refractivity contribution in [1.29, 1.82) is 0 Å². The van der Waals surface area contributed by atoms with Crippen molar-refractivity contribution < 1.29 is 9.90 Å². The molecule has 104 valence electrons. The van der Waals surface area contributed by atoms with Crippen LogP contribution in [0.15, 0.2) is 24.5 Å². The van der Waals surface area contributed by atoms with Crippen molar-refractivity contribution in [2.24, 2.45) is 11.8 Å². The van der Waals surface area contributed by atoms with Crippen LogP contribution in [0.25, 0.3) is 0 Å². The minimum Gasteiger partial charge on any atom is -0.396 e. The van der Waals surface area contributed by atoms with Crippen LogP contribution in [0.5, 0.6) is 0 Å². The SMILES string of the molecule is O=C(NCc1cccnc1)C1CCC(CCO)CC1. The molecule has 1 fully saturated rings. The monoisotopic (exact) mass is 262 g/mol. The lowest BCUT2D eigenvalue weighted by Crippen LogP contribution is -2.33. The van der Waals surface area contributed by atoms with E-state index in [0.717, 1.165) is 37.7 Å². The van der Waals surface area contributed by atoms with Crippen molar-refractivity contribution in [3.63, 3.8) is 0 Å². The molecule has 1 aliphatic rings. The second kappa shape index (κ2) is 7.24. The maximum absolute atomic E-state index is 12.1. The Morgan fingerprint density at radius 1 is 1.37 bits per heavy atom. The largest absolute Gasteiger partial charge is 0.396 e. The van der Waals surface area contributed by atoms with Crippen LogP contribution in [0.1, 0.15) is 37.7 Å². The zero-order valence-corrected chi connectivity index (χ0v) is 11.2. The third kappa shape index (κ3) is 4.31. The Morgan fingerprint density at radius 3 is 2.79 bits per heavy atom. The van der Waals surface area contributed by atoms with Crippen LogP contribution in [-0.2, 0) is 11.3 Å². The van der Waals surface area contributed by atoms with E-state index >= 15 is 0 Å². The highest BCUT2D eigenvalue weighted by atomic mass is 16.3. The van der Waals surface area contributed by atoms with E-state index in [4.69, 9.17) is 5.11 Å². The molecule has 0 spiro atoms. The van der Waals surface area contributed by atoms with Crippen molar-refractivity contribution in [1.82, 2.24) is 10.3 Å². The lowest BCUT2D eigenvalue weighted by Gasteiger charge is -2.27. The summed E-state index contributed by atoms with van der Waals surface area (Å²) in [6, 6.07) is 3.84. The molecule has 4 nitrogen and oxygen atoms in total. The summed E-state index contributed by atoms with van der Waals surface area (Å²) in [5, 5.41) is 11.9. The highest BCUT2D eigenvalue weighted by molar-refractivity contribution is 5.78. The van der Waals surface area contributed by atoms with E-state index in [1.807, 2.05) is 12.1 Å². The summed E-state index contributed by atoms with van der Waals surface area (Å²) in [5.74, 6) is 0.908. The van der Waals surface area contributed by atoms with E-state index in [-0.39, 0.29) is 18.4 Å². The lowest BCUT2D eigenvalue weighted by atomic mass is 9.80. The quantitative estimate of drug-likeness (QED) is 0.851. The second-order valence-corrected chi connectivity index (χ2v) is 5.31. The van der Waals surface area contributed by atoms with Crippen molar-refractivity contribution in [3.8, 4) is 0 Å². The molecule has 0 bridgehead atoms. The van der Waals surface area contributed by atoms with E-state index in [2.05, 4.69) is 10.3 Å². The minimum absolute atomic E-state index is 0.145. The number of nitrogens with zero attached hydrogens (tertiary/aromatic N) is 1. The number of pyridine rings is 1. The van der Waals surface area contributed by atoms with Gasteiger partial charge in [-0.2, -0.15) is 0 Å². The smallest absolute Gasteiger partial charge is 0.223 e. The molecule has 0 unspecified atom stereocenters. The Kier molecular flexibility index (Phi) is 5.33. The Hall–Kier alpha value is -1.42. The zero-order chi connectivity index (χ0) is 13.5. The van der Waals surface area contributed by atoms with Gasteiger partial charge in [-0.05, 0) is 49.7 Å². The normalized spacial score (nSPS) is 23.0. The third-order valence-electron chi connectivity index (χ3n) is 3.94. The number of nitrogens with one attached hydrogen (secondary N) is 1. The number of hydrogen-bond acceptors (Lipinski definition) is 3. The van der Waals surface area contributed by atoms with Crippen molar-refractivity contribution in [3.05, 3.63) is 30.1 Å². The van der Waals surface area contributed by atoms with Crippen molar-refractivity contribution >= 4 is 5.91 Å². The number of rotatable bonds is 5. The average molecular weight is 262 g/mol. The van der Waals surface area contributed by atoms with Gasteiger partial charge in [0.2, 0.25) is 5.91 Å². The highest BCUT2D eigenvalue weighted by Gasteiger charge is 2.25. The predicted molar refractivity (Wildman–Crippen MR) is 73.2 cm³/mol. The van der Waals surface area contributed by atoms with E-state index in [1.165, 1.54) is 0 Å². The Bertz CT molecular complexity index is 386. The van der Waals surface area contributed by atoms with E-state index in [9.17, 15) is 4.79 Å². The summed E-state index contributed by atoms with van der Waals surface area (Å²) >= 11 is 0. The first-order chi connectivity index (χ1) is 9.29. The summed E-state index contributed by atoms with van der Waals surface area (Å²) in [6.07, 6.45) is 8.40. The molecule has 2 rings (SSSR count). The van der Waals surface area contributed by atoms with Crippen LogP contribution >= 0.6 is 0 Å². The van der Waals surface area contributed by atoms with Gasteiger partial charge in [0.15, 0.2) is 0 Å². The summed E-state index contributed by atoms with van der Waals surface area (Å²) in [5.41, 5.74) is 1.03. The molecule has 1 aromatic heterocycles. The van der Waals surface area contributed by atoms with Crippen LogP contribution in [0.3, 0.4) is 0 Å². The molecule has 1 heterocycles. The van der Waals surface area contributed by atoms with Gasteiger partial charge in [-0.25, -0.2) is 0 Å². The zero-order valence-electron chi connectivity index (χ0n) is 11.2. The molecule has 2 N–H and O–H groups in total. The van der Waals surface area contributed by atoms with Crippen molar-refractivity contribution in [2.75, 3.05) is 6.61 Å². The molecular weight excluding hydrogens is 240 g/mol. The maximum Gasteiger partial charge on any atom is 0.223 e. The molecule has 1 saturated carbocycles. The van der Waals surface area contributed by atoms with Gasteiger partial charge in [-0.15, -0.1) is 0 Å². The third-order valence-corrected chi connectivity index (χ3v) is 3.94.